The van der Waals surface area contributed by atoms with Gasteiger partial charge in [0.25, 0.3) is 0 Å². The Bertz CT molecular complexity index is 3430. The third-order valence-corrected chi connectivity index (χ3v) is 12.5. The zero-order chi connectivity index (χ0) is 36.7. The zero-order valence-corrected chi connectivity index (χ0v) is 30.8. The molecule has 56 heavy (non-hydrogen) atoms. The van der Waals surface area contributed by atoms with Crippen LogP contribution in [0, 0.1) is 0 Å². The fraction of sp³-hybridized carbons (Fsp3) is 0.0196. The monoisotopic (exact) mass is 733 g/mol. The van der Waals surface area contributed by atoms with E-state index in [4.69, 9.17) is 14.4 Å². The Balaban J connectivity index is 0.976. The predicted octanol–water partition coefficient (Wildman–Crippen LogP) is 13.6. The minimum absolute atomic E-state index is 0.301. The van der Waals surface area contributed by atoms with Gasteiger partial charge >= 0.3 is 0 Å². The van der Waals surface area contributed by atoms with Crippen LogP contribution in [0.5, 0.6) is 0 Å². The van der Waals surface area contributed by atoms with Crippen molar-refractivity contribution in [2.24, 2.45) is 9.98 Å². The molecule has 1 aliphatic heterocycles. The van der Waals surface area contributed by atoms with Crippen LogP contribution in [-0.2, 0) is 0 Å². The van der Waals surface area contributed by atoms with E-state index in [9.17, 15) is 0 Å². The molecule has 11 aromatic rings. The molecule has 0 spiro atoms. The maximum atomic E-state index is 6.55. The van der Waals surface area contributed by atoms with E-state index in [0.29, 0.717) is 5.84 Å². The van der Waals surface area contributed by atoms with Crippen molar-refractivity contribution in [2.45, 2.75) is 6.17 Å². The van der Waals surface area contributed by atoms with E-state index < -0.39 is 0 Å². The maximum Gasteiger partial charge on any atom is 0.159 e. The summed E-state index contributed by atoms with van der Waals surface area (Å²) < 4.78 is 9.05. The first kappa shape index (κ1) is 31.3. The minimum Gasteiger partial charge on any atom is -0.456 e. The summed E-state index contributed by atoms with van der Waals surface area (Å²) in [6.07, 6.45) is -0.301. The van der Waals surface area contributed by atoms with Gasteiger partial charge in [-0.15, -0.1) is 11.3 Å². The van der Waals surface area contributed by atoms with E-state index in [-0.39, 0.29) is 6.17 Å². The summed E-state index contributed by atoms with van der Waals surface area (Å²) >= 11 is 1.81. The number of hydrogen-bond acceptors (Lipinski definition) is 5. The van der Waals surface area contributed by atoms with Crippen LogP contribution in [0.2, 0.25) is 0 Å². The van der Waals surface area contributed by atoms with Gasteiger partial charge in [0.15, 0.2) is 5.84 Å². The highest BCUT2D eigenvalue weighted by Gasteiger charge is 2.24. The SMILES string of the molecule is c1ccc(C2N=C(c3ccc4c(c3)oc3ccc(-c5ccc6c7ccccc7c7ccccc7c6c5)cc34)N=C(c3cccc4sc5ccccc5c34)N2)cc1. The van der Waals surface area contributed by atoms with Crippen molar-refractivity contribution in [1.82, 2.24) is 5.32 Å². The first-order valence-corrected chi connectivity index (χ1v) is 19.7. The van der Waals surface area contributed by atoms with Gasteiger partial charge in [0.1, 0.15) is 23.2 Å². The average molecular weight is 734 g/mol. The van der Waals surface area contributed by atoms with E-state index in [0.717, 1.165) is 50.0 Å². The lowest BCUT2D eigenvalue weighted by molar-refractivity contribution is 0.667. The second-order valence-electron chi connectivity index (χ2n) is 14.5. The summed E-state index contributed by atoms with van der Waals surface area (Å²) in [5.41, 5.74) is 7.05. The molecule has 0 radical (unpaired) electrons. The number of aliphatic imine (C=N–C) groups is 2. The van der Waals surface area contributed by atoms with E-state index in [1.165, 1.54) is 58.1 Å². The van der Waals surface area contributed by atoms with Crippen molar-refractivity contribution in [3.05, 3.63) is 193 Å². The second kappa shape index (κ2) is 12.2. The summed E-state index contributed by atoms with van der Waals surface area (Å²) in [6.45, 7) is 0. The van der Waals surface area contributed by atoms with Crippen molar-refractivity contribution in [2.75, 3.05) is 0 Å². The normalized spacial score (nSPS) is 14.6. The molecule has 9 aromatic carbocycles. The third-order valence-electron chi connectivity index (χ3n) is 11.3. The van der Waals surface area contributed by atoms with Crippen LogP contribution >= 0.6 is 11.3 Å². The summed E-state index contributed by atoms with van der Waals surface area (Å²) in [5.74, 6) is 1.48. The van der Waals surface area contributed by atoms with Gasteiger partial charge in [0.2, 0.25) is 0 Å². The molecule has 0 bridgehead atoms. The summed E-state index contributed by atoms with van der Waals surface area (Å²) in [6, 6.07) is 62.7. The van der Waals surface area contributed by atoms with Gasteiger partial charge in [-0.2, -0.15) is 0 Å². The van der Waals surface area contributed by atoms with Crippen LogP contribution in [0.15, 0.2) is 190 Å². The van der Waals surface area contributed by atoms with Gasteiger partial charge in [-0.05, 0) is 91.5 Å². The number of thiophene rings is 1. The second-order valence-corrected chi connectivity index (χ2v) is 15.6. The van der Waals surface area contributed by atoms with Crippen molar-refractivity contribution in [3.63, 3.8) is 0 Å². The molecule has 0 aliphatic carbocycles. The molecule has 0 fully saturated rings. The van der Waals surface area contributed by atoms with Crippen molar-refractivity contribution >= 4 is 97.4 Å². The smallest absolute Gasteiger partial charge is 0.159 e. The standard InChI is InChI=1S/C51H31N3OS/c1-2-11-30(12-3-1)49-52-50(54-51(53-49)41-18-10-20-47-48(41)40-17-8-9-19-46(40)56-47)33-22-25-39-43-28-32(23-26-44(43)55-45(39)29-33)31-21-24-38-36-15-5-4-13-34(36)35-14-6-7-16-37(35)42(38)27-31/h1-29,49H,(H,52,53,54). The summed E-state index contributed by atoms with van der Waals surface area (Å²) in [4.78, 5) is 10.4. The number of rotatable bonds is 4. The third kappa shape index (κ3) is 4.84. The number of fused-ring (bicyclic) bond motifs is 12. The molecule has 1 atom stereocenters. The quantitative estimate of drug-likeness (QED) is 0.183. The predicted molar refractivity (Wildman–Crippen MR) is 236 cm³/mol. The molecule has 2 aromatic heterocycles. The van der Waals surface area contributed by atoms with Crippen molar-refractivity contribution < 1.29 is 4.42 Å². The number of furan rings is 1. The molecule has 0 saturated heterocycles. The first-order chi connectivity index (χ1) is 27.7. The van der Waals surface area contributed by atoms with Gasteiger partial charge in [-0.3, -0.25) is 0 Å². The highest BCUT2D eigenvalue weighted by atomic mass is 32.1. The molecule has 4 nitrogen and oxygen atoms in total. The minimum atomic E-state index is -0.301. The lowest BCUT2D eigenvalue weighted by Gasteiger charge is -2.24. The highest BCUT2D eigenvalue weighted by Crippen LogP contribution is 2.40. The van der Waals surface area contributed by atoms with Crippen LogP contribution in [0.4, 0.5) is 0 Å². The maximum absolute atomic E-state index is 6.55. The largest absolute Gasteiger partial charge is 0.456 e. The van der Waals surface area contributed by atoms with Gasteiger partial charge in [0, 0.05) is 42.1 Å². The number of nitrogens with zero attached hydrogens (tertiary/aromatic N) is 2. The fourth-order valence-corrected chi connectivity index (χ4v) is 9.81. The average Bonchev–Trinajstić information content (AvgIpc) is 3.84. The molecule has 1 aliphatic rings. The van der Waals surface area contributed by atoms with E-state index in [2.05, 4.69) is 175 Å². The molecule has 3 heterocycles. The Labute approximate surface area is 325 Å². The Hall–Kier alpha value is -7.08. The first-order valence-electron chi connectivity index (χ1n) is 18.9. The molecular weight excluding hydrogens is 703 g/mol. The molecule has 12 rings (SSSR count). The molecule has 262 valence electrons. The Morgan fingerprint density at radius 3 is 1.84 bits per heavy atom. The van der Waals surface area contributed by atoms with Gasteiger partial charge in [0.05, 0.1) is 0 Å². The number of amidine groups is 2. The summed E-state index contributed by atoms with van der Waals surface area (Å²) in [7, 11) is 0. The Morgan fingerprint density at radius 1 is 0.446 bits per heavy atom. The lowest BCUT2D eigenvalue weighted by atomic mass is 9.92. The van der Waals surface area contributed by atoms with E-state index in [1.54, 1.807) is 0 Å². The number of nitrogens with one attached hydrogen (secondary N) is 1. The van der Waals surface area contributed by atoms with Crippen molar-refractivity contribution in [3.8, 4) is 11.1 Å². The fourth-order valence-electron chi connectivity index (χ4n) is 8.68. The van der Waals surface area contributed by atoms with E-state index in [1.807, 2.05) is 17.4 Å². The van der Waals surface area contributed by atoms with Gasteiger partial charge < -0.3 is 9.73 Å². The lowest BCUT2D eigenvalue weighted by Crippen LogP contribution is -2.33. The van der Waals surface area contributed by atoms with Crippen LogP contribution in [0.3, 0.4) is 0 Å². The van der Waals surface area contributed by atoms with Gasteiger partial charge in [-0.25, -0.2) is 9.98 Å². The van der Waals surface area contributed by atoms with Crippen LogP contribution in [-0.4, -0.2) is 11.7 Å². The zero-order valence-electron chi connectivity index (χ0n) is 30.0. The Morgan fingerprint density at radius 2 is 1.05 bits per heavy atom. The Kier molecular flexibility index (Phi) is 6.83. The van der Waals surface area contributed by atoms with Gasteiger partial charge in [-0.1, -0.05) is 133 Å². The summed E-state index contributed by atoms with van der Waals surface area (Å²) in [5, 5.41) is 15.9. The number of hydrogen-bond donors (Lipinski definition) is 1. The van der Waals surface area contributed by atoms with Crippen LogP contribution in [0.25, 0.3) is 85.6 Å². The van der Waals surface area contributed by atoms with Crippen LogP contribution < -0.4 is 5.32 Å². The molecule has 1 N–H and O–H groups in total. The molecule has 0 amide bonds. The number of benzene rings is 9. The molecular formula is C51H31N3OS. The van der Waals surface area contributed by atoms with Crippen molar-refractivity contribution in [1.29, 1.82) is 0 Å². The van der Waals surface area contributed by atoms with Crippen LogP contribution in [0.1, 0.15) is 22.9 Å². The topological polar surface area (TPSA) is 49.9 Å². The molecule has 1 unspecified atom stereocenters. The highest BCUT2D eigenvalue weighted by molar-refractivity contribution is 7.25. The van der Waals surface area contributed by atoms with E-state index >= 15 is 0 Å². The molecule has 5 heteroatoms. The molecule has 0 saturated carbocycles.